The largest absolute Gasteiger partial charge is 0.457 e. The summed E-state index contributed by atoms with van der Waals surface area (Å²) in [4.78, 5) is 0. The van der Waals surface area contributed by atoms with Gasteiger partial charge in [0.1, 0.15) is 23.0 Å². The summed E-state index contributed by atoms with van der Waals surface area (Å²) in [6, 6.07) is 35.2. The van der Waals surface area contributed by atoms with E-state index in [1.807, 2.05) is 0 Å². The Hall–Kier alpha value is -3.52. The molecule has 0 amide bonds. The van der Waals surface area contributed by atoms with Crippen molar-refractivity contribution in [2.45, 2.75) is 125 Å². The van der Waals surface area contributed by atoms with Crippen LogP contribution in [0.2, 0.25) is 0 Å². The Kier molecular flexibility index (Phi) is 10.5. The Labute approximate surface area is 327 Å². The highest BCUT2D eigenvalue weighted by Gasteiger charge is 2.62. The van der Waals surface area contributed by atoms with Crippen molar-refractivity contribution in [3.63, 3.8) is 0 Å². The fourth-order valence-electron chi connectivity index (χ4n) is 13.0. The molecule has 4 aromatic carbocycles. The van der Waals surface area contributed by atoms with Crippen molar-refractivity contribution in [2.24, 2.45) is 52.3 Å². The van der Waals surface area contributed by atoms with E-state index in [0.29, 0.717) is 28.6 Å². The Balaban J connectivity index is 1.07. The second-order valence-corrected chi connectivity index (χ2v) is 19.4. The first-order valence-corrected chi connectivity index (χ1v) is 21.7. The highest BCUT2D eigenvalue weighted by molar-refractivity contribution is 5.40. The third kappa shape index (κ3) is 7.17. The van der Waals surface area contributed by atoms with Crippen molar-refractivity contribution in [3.05, 3.63) is 119 Å². The second kappa shape index (κ2) is 15.2. The predicted molar refractivity (Wildman–Crippen MR) is 225 cm³/mol. The van der Waals surface area contributed by atoms with Gasteiger partial charge in [0.25, 0.3) is 0 Å². The van der Waals surface area contributed by atoms with Gasteiger partial charge in [-0.25, -0.2) is 0 Å². The van der Waals surface area contributed by atoms with Crippen LogP contribution in [-0.4, -0.2) is 0 Å². The Bertz CT molecular complexity index is 1840. The highest BCUT2D eigenvalue weighted by Crippen LogP contribution is 2.71. The predicted octanol–water partition coefficient (Wildman–Crippen LogP) is 15.1. The number of hydrogen-bond acceptors (Lipinski definition) is 2. The summed E-state index contributed by atoms with van der Waals surface area (Å²) in [6.45, 7) is 17.2. The summed E-state index contributed by atoms with van der Waals surface area (Å²) in [5.41, 5.74) is 6.36. The van der Waals surface area contributed by atoms with Crippen LogP contribution in [-0.2, 0) is 0 Å². The molecule has 54 heavy (non-hydrogen) atoms. The fraction of sp³-hybridized carbons (Fsp3) is 0.538. The van der Waals surface area contributed by atoms with E-state index < -0.39 is 0 Å². The summed E-state index contributed by atoms with van der Waals surface area (Å²) < 4.78 is 12.6. The first kappa shape index (κ1) is 37.4. The van der Waals surface area contributed by atoms with Crippen LogP contribution in [0.25, 0.3) is 0 Å². The Morgan fingerprint density at radius 2 is 1.00 bits per heavy atom. The molecule has 0 bridgehead atoms. The van der Waals surface area contributed by atoms with Crippen molar-refractivity contribution in [3.8, 4) is 23.0 Å². The maximum Gasteiger partial charge on any atom is 0.127 e. The minimum absolute atomic E-state index is 0.373. The number of rotatable bonds is 10. The van der Waals surface area contributed by atoms with Crippen LogP contribution in [0.4, 0.5) is 0 Å². The number of ether oxygens (including phenoxy) is 2. The maximum absolute atomic E-state index is 6.34. The molecule has 4 aliphatic rings. The molecule has 4 aliphatic carbocycles. The average Bonchev–Trinajstić information content (AvgIpc) is 3.53. The third-order valence-corrected chi connectivity index (χ3v) is 15.8. The Morgan fingerprint density at radius 3 is 1.56 bits per heavy atom. The van der Waals surface area contributed by atoms with E-state index in [-0.39, 0.29) is 0 Å². The van der Waals surface area contributed by atoms with Gasteiger partial charge in [-0.3, -0.25) is 0 Å². The molecule has 0 spiro atoms. The molecule has 0 radical (unpaired) electrons. The van der Waals surface area contributed by atoms with Gasteiger partial charge in [-0.05, 0) is 189 Å². The number of hydrogen-bond donors (Lipinski definition) is 0. The SMILES string of the molecule is Cc1ccc(Oc2ccc(C3CCC4(C)C5CCC6(C)C(C(C)CCC(C)C)CCC6C5CCC4C3c3ccc(Oc4ccc(C)cc4)cc3)cc2)cc1. The topological polar surface area (TPSA) is 18.5 Å². The zero-order valence-corrected chi connectivity index (χ0v) is 34.3. The van der Waals surface area contributed by atoms with Crippen molar-refractivity contribution >= 4 is 0 Å². The molecule has 0 N–H and O–H groups in total. The lowest BCUT2D eigenvalue weighted by molar-refractivity contribution is -0.123. The van der Waals surface area contributed by atoms with Crippen LogP contribution < -0.4 is 9.47 Å². The van der Waals surface area contributed by atoms with Crippen LogP contribution in [0.1, 0.15) is 133 Å². The molecule has 286 valence electrons. The fourth-order valence-corrected chi connectivity index (χ4v) is 13.0. The summed E-state index contributed by atoms with van der Waals surface area (Å²) in [5, 5.41) is 0. The van der Waals surface area contributed by atoms with Crippen LogP contribution in [0.3, 0.4) is 0 Å². The Morgan fingerprint density at radius 1 is 0.519 bits per heavy atom. The van der Waals surface area contributed by atoms with Crippen LogP contribution in [0.5, 0.6) is 23.0 Å². The van der Waals surface area contributed by atoms with Crippen molar-refractivity contribution in [1.82, 2.24) is 0 Å². The molecule has 0 aromatic heterocycles. The average molecular weight is 723 g/mol. The van der Waals surface area contributed by atoms with Crippen LogP contribution in [0.15, 0.2) is 97.1 Å². The molecule has 0 saturated heterocycles. The number of benzene rings is 4. The minimum atomic E-state index is 0.373. The monoisotopic (exact) mass is 723 g/mol. The molecule has 0 heterocycles. The van der Waals surface area contributed by atoms with Gasteiger partial charge in [0, 0.05) is 0 Å². The van der Waals surface area contributed by atoms with Gasteiger partial charge in [0.2, 0.25) is 0 Å². The van der Waals surface area contributed by atoms with E-state index in [1.54, 1.807) is 0 Å². The second-order valence-electron chi connectivity index (χ2n) is 19.4. The summed E-state index contributed by atoms with van der Waals surface area (Å²) in [6.07, 6.45) is 14.0. The van der Waals surface area contributed by atoms with Gasteiger partial charge in [-0.1, -0.05) is 107 Å². The van der Waals surface area contributed by atoms with Gasteiger partial charge in [0.05, 0.1) is 0 Å². The zero-order valence-electron chi connectivity index (χ0n) is 34.3. The summed E-state index contributed by atoms with van der Waals surface area (Å²) in [7, 11) is 0. The normalized spacial score (nSPS) is 32.3. The van der Waals surface area contributed by atoms with Crippen LogP contribution in [0, 0.1) is 66.1 Å². The van der Waals surface area contributed by atoms with E-state index in [0.717, 1.165) is 58.5 Å². The van der Waals surface area contributed by atoms with E-state index >= 15 is 0 Å². The standard InChI is InChI=1S/C52H66O2/c1-34(2)8-13-37(5)46-28-29-47-45-26-27-49-50(39-16-24-43(25-17-39)54-41-20-11-36(4)12-21-41)44(30-32-52(49,7)48(45)31-33-51(46,47)6)38-14-22-42(23-15-38)53-40-18-9-35(3)10-19-40/h9-12,14-25,34,37,44-50H,8,13,26-33H2,1-7H3. The molecule has 4 saturated carbocycles. The zero-order chi connectivity index (χ0) is 37.6. The molecule has 2 nitrogen and oxygen atoms in total. The smallest absolute Gasteiger partial charge is 0.127 e. The van der Waals surface area contributed by atoms with Gasteiger partial charge in [0.15, 0.2) is 0 Å². The third-order valence-electron chi connectivity index (χ3n) is 15.8. The summed E-state index contributed by atoms with van der Waals surface area (Å²) >= 11 is 0. The van der Waals surface area contributed by atoms with E-state index in [4.69, 9.17) is 9.47 Å². The minimum Gasteiger partial charge on any atom is -0.457 e. The molecular formula is C52H66O2. The first-order chi connectivity index (χ1) is 26.0. The van der Waals surface area contributed by atoms with Crippen molar-refractivity contribution in [1.29, 1.82) is 0 Å². The van der Waals surface area contributed by atoms with Gasteiger partial charge >= 0.3 is 0 Å². The molecule has 2 heteroatoms. The quantitative estimate of drug-likeness (QED) is 0.162. The molecule has 0 aliphatic heterocycles. The maximum atomic E-state index is 6.34. The van der Waals surface area contributed by atoms with Gasteiger partial charge in [-0.2, -0.15) is 0 Å². The van der Waals surface area contributed by atoms with Crippen molar-refractivity contribution in [2.75, 3.05) is 0 Å². The lowest BCUT2D eigenvalue weighted by atomic mass is 9.41. The molecular weight excluding hydrogens is 657 g/mol. The number of aryl methyl sites for hydroxylation is 2. The molecule has 10 atom stereocenters. The molecule has 10 unspecified atom stereocenters. The molecule has 4 fully saturated rings. The van der Waals surface area contributed by atoms with E-state index in [1.165, 1.54) is 86.5 Å². The van der Waals surface area contributed by atoms with Gasteiger partial charge < -0.3 is 9.47 Å². The van der Waals surface area contributed by atoms with E-state index in [2.05, 4.69) is 146 Å². The molecule has 8 rings (SSSR count). The lowest BCUT2D eigenvalue weighted by Gasteiger charge is -2.63. The summed E-state index contributed by atoms with van der Waals surface area (Å²) in [5.74, 6) is 10.5. The van der Waals surface area contributed by atoms with Crippen molar-refractivity contribution < 1.29 is 9.47 Å². The number of fused-ring (bicyclic) bond motifs is 5. The van der Waals surface area contributed by atoms with Crippen LogP contribution >= 0.6 is 0 Å². The van der Waals surface area contributed by atoms with Gasteiger partial charge in [-0.15, -0.1) is 0 Å². The first-order valence-electron chi connectivity index (χ1n) is 21.7. The lowest BCUT2D eigenvalue weighted by Crippen LogP contribution is -2.55. The highest BCUT2D eigenvalue weighted by atomic mass is 16.5. The molecule has 4 aromatic rings. The van der Waals surface area contributed by atoms with E-state index in [9.17, 15) is 0 Å².